The molecule has 0 radical (unpaired) electrons. The third-order valence-corrected chi connectivity index (χ3v) is 2.93. The largest absolute Gasteiger partial charge is 0.359 e. The van der Waals surface area contributed by atoms with Gasteiger partial charge in [-0.2, -0.15) is 4.98 Å². The summed E-state index contributed by atoms with van der Waals surface area (Å²) in [6.07, 6.45) is 3.50. The van der Waals surface area contributed by atoms with Crippen LogP contribution in [0.4, 0.5) is 11.8 Å². The van der Waals surface area contributed by atoms with Crippen molar-refractivity contribution in [2.45, 2.75) is 18.4 Å². The number of imidazole rings is 1. The predicted molar refractivity (Wildman–Crippen MR) is 59.0 cm³/mol. The van der Waals surface area contributed by atoms with Crippen molar-refractivity contribution in [3.63, 3.8) is 0 Å². The summed E-state index contributed by atoms with van der Waals surface area (Å²) >= 11 is 0. The van der Waals surface area contributed by atoms with Gasteiger partial charge in [0.2, 0.25) is 5.52 Å². The van der Waals surface area contributed by atoms with E-state index in [9.17, 15) is 0 Å². The number of nitrogens with one attached hydrogen (secondary N) is 3. The van der Waals surface area contributed by atoms with Crippen LogP contribution in [0.1, 0.15) is 12.8 Å². The van der Waals surface area contributed by atoms with Gasteiger partial charge in [-0.05, 0) is 12.8 Å². The second-order valence-corrected chi connectivity index (χ2v) is 4.27. The third-order valence-electron chi connectivity index (χ3n) is 2.93. The Bertz CT molecular complexity index is 549. The van der Waals surface area contributed by atoms with E-state index in [0.717, 1.165) is 18.4 Å². The van der Waals surface area contributed by atoms with Crippen LogP contribution in [-0.4, -0.2) is 32.4 Å². The second kappa shape index (κ2) is 3.54. The molecule has 0 unspecified atom stereocenters. The average molecular weight is 237 g/mol. The number of aromatic nitrogens is 4. The van der Waals surface area contributed by atoms with E-state index in [1.807, 2.05) is 0 Å². The molecule has 2 aromatic heterocycles. The van der Waals surface area contributed by atoms with Gasteiger partial charge < -0.3 is 11.1 Å². The number of H-pyrrole nitrogens is 2. The van der Waals surface area contributed by atoms with Crippen molar-refractivity contribution in [1.29, 1.82) is 0 Å². The van der Waals surface area contributed by atoms with E-state index in [-0.39, 0.29) is 18.1 Å². The number of anilines is 2. The lowest BCUT2D eigenvalue weighted by Crippen LogP contribution is -2.28. The van der Waals surface area contributed by atoms with Gasteiger partial charge in [0.25, 0.3) is 5.95 Å². The van der Waals surface area contributed by atoms with Gasteiger partial charge in [0.1, 0.15) is 6.61 Å². The molecule has 0 amide bonds. The van der Waals surface area contributed by atoms with E-state index in [4.69, 9.17) is 11.0 Å². The SMILES string of the molecule is Nc1nc(NC2(COO)CC2)c2[nH]c[nH+]c2n1. The number of hydrogen-bond donors (Lipinski definition) is 4. The van der Waals surface area contributed by atoms with Crippen LogP contribution in [0.5, 0.6) is 0 Å². The number of rotatable bonds is 4. The van der Waals surface area contributed by atoms with Crippen molar-refractivity contribution < 1.29 is 15.1 Å². The first kappa shape index (κ1) is 10.2. The molecule has 2 heterocycles. The molecule has 0 atom stereocenters. The molecular weight excluding hydrogens is 224 g/mol. The van der Waals surface area contributed by atoms with Gasteiger partial charge >= 0.3 is 5.65 Å². The van der Waals surface area contributed by atoms with E-state index < -0.39 is 0 Å². The summed E-state index contributed by atoms with van der Waals surface area (Å²) in [6.45, 7) is 0.225. The lowest BCUT2D eigenvalue weighted by atomic mass is 10.3. The highest BCUT2D eigenvalue weighted by atomic mass is 17.1. The van der Waals surface area contributed by atoms with Gasteiger partial charge in [0, 0.05) is 0 Å². The normalized spacial score (nSPS) is 17.2. The Kier molecular flexibility index (Phi) is 2.13. The summed E-state index contributed by atoms with van der Waals surface area (Å²) in [5, 5.41) is 11.8. The number of hydrogen-bond acceptors (Lipinski definition) is 6. The minimum Gasteiger partial charge on any atom is -0.359 e. The van der Waals surface area contributed by atoms with Crippen LogP contribution in [0.3, 0.4) is 0 Å². The molecule has 0 aliphatic heterocycles. The van der Waals surface area contributed by atoms with Gasteiger partial charge in [-0.15, -0.1) is 0 Å². The van der Waals surface area contributed by atoms with E-state index in [2.05, 4.69) is 30.1 Å². The number of aromatic amines is 2. The highest BCUT2D eigenvalue weighted by Gasteiger charge is 2.44. The summed E-state index contributed by atoms with van der Waals surface area (Å²) in [5.74, 6) is 0.805. The molecule has 0 bridgehead atoms. The summed E-state index contributed by atoms with van der Waals surface area (Å²) < 4.78 is 0. The molecule has 17 heavy (non-hydrogen) atoms. The molecule has 0 aromatic carbocycles. The van der Waals surface area contributed by atoms with Crippen LogP contribution in [0.15, 0.2) is 6.33 Å². The molecule has 2 aromatic rings. The molecular formula is C9H13N6O2+. The minimum atomic E-state index is -0.242. The predicted octanol–water partition coefficient (Wildman–Crippen LogP) is -0.212. The molecule has 1 aliphatic carbocycles. The Morgan fingerprint density at radius 3 is 3.12 bits per heavy atom. The smallest absolute Gasteiger partial charge is 0.307 e. The van der Waals surface area contributed by atoms with Crippen LogP contribution in [-0.2, 0) is 4.89 Å². The highest BCUT2D eigenvalue weighted by Crippen LogP contribution is 2.39. The Morgan fingerprint density at radius 1 is 1.59 bits per heavy atom. The number of nitrogens with two attached hydrogens (primary N) is 1. The highest BCUT2D eigenvalue weighted by molar-refractivity contribution is 5.81. The topological polar surface area (TPSA) is 123 Å². The first-order chi connectivity index (χ1) is 8.22. The molecule has 1 saturated carbocycles. The summed E-state index contributed by atoms with van der Waals surface area (Å²) in [5.41, 5.74) is 6.77. The molecule has 1 fully saturated rings. The van der Waals surface area contributed by atoms with Crippen molar-refractivity contribution in [3.8, 4) is 0 Å². The van der Waals surface area contributed by atoms with E-state index in [0.29, 0.717) is 11.5 Å². The van der Waals surface area contributed by atoms with Crippen LogP contribution in [0.2, 0.25) is 0 Å². The summed E-state index contributed by atoms with van der Waals surface area (Å²) in [4.78, 5) is 18.3. The molecule has 90 valence electrons. The zero-order valence-corrected chi connectivity index (χ0v) is 9.03. The van der Waals surface area contributed by atoms with Crippen molar-refractivity contribution in [3.05, 3.63) is 6.33 Å². The maximum atomic E-state index is 8.54. The minimum absolute atomic E-state index is 0.191. The van der Waals surface area contributed by atoms with Crippen LogP contribution in [0, 0.1) is 0 Å². The first-order valence-electron chi connectivity index (χ1n) is 5.29. The van der Waals surface area contributed by atoms with E-state index in [1.54, 1.807) is 6.33 Å². The second-order valence-electron chi connectivity index (χ2n) is 4.27. The molecule has 8 heteroatoms. The standard InChI is InChI=1S/C9H12N6O2/c10-8-13-6-5(11-4-12-6)7(14-8)15-9(1-2-9)3-17-16/h4,16H,1-3H2,(H4,10,11,12,13,14,15)/p+1. The number of fused-ring (bicyclic) bond motifs is 1. The van der Waals surface area contributed by atoms with E-state index >= 15 is 0 Å². The van der Waals surface area contributed by atoms with E-state index in [1.165, 1.54) is 0 Å². The fourth-order valence-corrected chi connectivity index (χ4v) is 1.82. The zero-order valence-electron chi connectivity index (χ0n) is 9.03. The quantitative estimate of drug-likeness (QED) is 0.431. The molecule has 1 aliphatic rings. The van der Waals surface area contributed by atoms with Gasteiger partial charge in [-0.1, -0.05) is 4.98 Å². The third kappa shape index (κ3) is 1.77. The molecule has 3 rings (SSSR count). The van der Waals surface area contributed by atoms with Crippen molar-refractivity contribution in [1.82, 2.24) is 15.0 Å². The van der Waals surface area contributed by atoms with Gasteiger partial charge in [-0.25, -0.2) is 9.87 Å². The summed E-state index contributed by atoms with van der Waals surface area (Å²) in [7, 11) is 0. The average Bonchev–Trinajstić information content (AvgIpc) is 2.87. The maximum absolute atomic E-state index is 8.54. The lowest BCUT2D eigenvalue weighted by molar-refractivity contribution is -0.347. The van der Waals surface area contributed by atoms with Crippen LogP contribution >= 0.6 is 0 Å². The fraction of sp³-hybridized carbons (Fsp3) is 0.444. The Hall–Kier alpha value is -1.93. The van der Waals surface area contributed by atoms with Crippen LogP contribution < -0.4 is 16.0 Å². The lowest BCUT2D eigenvalue weighted by Gasteiger charge is -2.15. The Labute approximate surface area is 96.2 Å². The number of nitrogens with zero attached hydrogens (tertiary/aromatic N) is 2. The molecule has 0 spiro atoms. The van der Waals surface area contributed by atoms with Crippen LogP contribution in [0.25, 0.3) is 11.2 Å². The Morgan fingerprint density at radius 2 is 2.41 bits per heavy atom. The van der Waals surface area contributed by atoms with Crippen molar-refractivity contribution in [2.75, 3.05) is 17.7 Å². The van der Waals surface area contributed by atoms with Crippen molar-refractivity contribution in [2.24, 2.45) is 0 Å². The molecule has 0 saturated heterocycles. The van der Waals surface area contributed by atoms with Gasteiger partial charge in [-0.3, -0.25) is 10.2 Å². The maximum Gasteiger partial charge on any atom is 0.307 e. The number of nitrogen functional groups attached to an aromatic ring is 1. The molecule has 8 nitrogen and oxygen atoms in total. The van der Waals surface area contributed by atoms with Crippen molar-refractivity contribution >= 4 is 22.9 Å². The fourth-order valence-electron chi connectivity index (χ4n) is 1.82. The first-order valence-corrected chi connectivity index (χ1v) is 5.29. The monoisotopic (exact) mass is 237 g/mol. The molecule has 6 N–H and O–H groups in total. The van der Waals surface area contributed by atoms with Gasteiger partial charge in [0.05, 0.1) is 5.54 Å². The zero-order chi connectivity index (χ0) is 11.9. The Balaban J connectivity index is 1.97. The summed E-state index contributed by atoms with van der Waals surface area (Å²) in [6, 6.07) is 0. The van der Waals surface area contributed by atoms with Gasteiger partial charge in [0.15, 0.2) is 12.1 Å².